The molecule has 3 N–H and O–H groups in total. The number of hydrogen-bond donors (Lipinski definition) is 2. The Labute approximate surface area is 123 Å². The number of nitrogens with zero attached hydrogens (tertiary/aromatic N) is 3. The fourth-order valence-electron chi connectivity index (χ4n) is 1.91. The topological polar surface area (TPSA) is 77.0 Å². The highest BCUT2D eigenvalue weighted by molar-refractivity contribution is 7.98. The molecule has 0 radical (unpaired) electrons. The van der Waals surface area contributed by atoms with Crippen molar-refractivity contribution in [2.75, 3.05) is 0 Å². The molecule has 0 aliphatic heterocycles. The van der Waals surface area contributed by atoms with Gasteiger partial charge in [-0.15, -0.1) is 10.2 Å². The average Bonchev–Trinajstić information content (AvgIpc) is 2.88. The lowest BCUT2D eigenvalue weighted by atomic mass is 10.2. The number of nitrogens with two attached hydrogens (primary N) is 1. The van der Waals surface area contributed by atoms with E-state index in [9.17, 15) is 0 Å². The molecule has 1 heterocycles. The number of rotatable bonds is 7. The van der Waals surface area contributed by atoms with Gasteiger partial charge in [-0.3, -0.25) is 0 Å². The van der Waals surface area contributed by atoms with Crippen LogP contribution in [0.1, 0.15) is 30.3 Å². The van der Waals surface area contributed by atoms with Crippen LogP contribution in [-0.2, 0) is 25.4 Å². The maximum Gasteiger partial charge on any atom is 0.191 e. The Balaban J connectivity index is 2.04. The lowest BCUT2D eigenvalue weighted by Crippen LogP contribution is -2.09. The minimum Gasteiger partial charge on any atom is -0.392 e. The number of aromatic nitrogens is 3. The Kier molecular flexibility index (Phi) is 5.58. The predicted octanol–water partition coefficient (Wildman–Crippen LogP) is 1.93. The van der Waals surface area contributed by atoms with Crippen molar-refractivity contribution in [1.29, 1.82) is 0 Å². The van der Waals surface area contributed by atoms with Crippen molar-refractivity contribution in [1.82, 2.24) is 14.8 Å². The Morgan fingerprint density at radius 1 is 1.20 bits per heavy atom. The van der Waals surface area contributed by atoms with E-state index in [-0.39, 0.29) is 6.61 Å². The van der Waals surface area contributed by atoms with Crippen molar-refractivity contribution in [2.24, 2.45) is 5.73 Å². The van der Waals surface area contributed by atoms with Gasteiger partial charge in [-0.05, 0) is 17.5 Å². The van der Waals surface area contributed by atoms with Gasteiger partial charge in [-0.2, -0.15) is 0 Å². The summed E-state index contributed by atoms with van der Waals surface area (Å²) in [6.07, 6.45) is 1.03. The SMILES string of the molecule is CCCn1c(CN)nnc1SCc1ccc(CO)cc1. The molecule has 20 heavy (non-hydrogen) atoms. The fourth-order valence-corrected chi connectivity index (χ4v) is 2.85. The first-order chi connectivity index (χ1) is 9.78. The molecular formula is C14H20N4OS. The number of benzene rings is 1. The Morgan fingerprint density at radius 2 is 1.90 bits per heavy atom. The number of aliphatic hydroxyl groups is 1. The molecule has 0 aliphatic carbocycles. The van der Waals surface area contributed by atoms with Gasteiger partial charge in [0.05, 0.1) is 13.2 Å². The fraction of sp³-hybridized carbons (Fsp3) is 0.429. The molecule has 2 rings (SSSR count). The molecule has 0 saturated carbocycles. The molecule has 1 aromatic carbocycles. The average molecular weight is 292 g/mol. The lowest BCUT2D eigenvalue weighted by Gasteiger charge is -2.07. The van der Waals surface area contributed by atoms with E-state index in [1.165, 1.54) is 5.56 Å². The smallest absolute Gasteiger partial charge is 0.191 e. The van der Waals surface area contributed by atoms with Gasteiger partial charge in [-0.25, -0.2) is 0 Å². The maximum absolute atomic E-state index is 9.02. The van der Waals surface area contributed by atoms with Crippen LogP contribution in [0.5, 0.6) is 0 Å². The monoisotopic (exact) mass is 292 g/mol. The van der Waals surface area contributed by atoms with Crippen LogP contribution in [0.2, 0.25) is 0 Å². The number of hydrogen-bond acceptors (Lipinski definition) is 5. The van der Waals surface area contributed by atoms with Gasteiger partial charge >= 0.3 is 0 Å². The van der Waals surface area contributed by atoms with Crippen molar-refractivity contribution in [3.05, 3.63) is 41.2 Å². The third-order valence-corrected chi connectivity index (χ3v) is 4.03. The zero-order chi connectivity index (χ0) is 14.4. The van der Waals surface area contributed by atoms with Crippen LogP contribution in [-0.4, -0.2) is 19.9 Å². The summed E-state index contributed by atoms with van der Waals surface area (Å²) in [5, 5.41) is 18.3. The summed E-state index contributed by atoms with van der Waals surface area (Å²) in [5.41, 5.74) is 7.81. The molecule has 1 aromatic heterocycles. The van der Waals surface area contributed by atoms with Crippen molar-refractivity contribution < 1.29 is 5.11 Å². The van der Waals surface area contributed by atoms with Crippen molar-refractivity contribution >= 4 is 11.8 Å². The first kappa shape index (κ1) is 15.0. The molecule has 0 aliphatic rings. The molecule has 5 nitrogen and oxygen atoms in total. The molecule has 6 heteroatoms. The van der Waals surface area contributed by atoms with Crippen LogP contribution in [0.15, 0.2) is 29.4 Å². The van der Waals surface area contributed by atoms with E-state index < -0.39 is 0 Å². The van der Waals surface area contributed by atoms with Crippen LogP contribution in [0, 0.1) is 0 Å². The summed E-state index contributed by atoms with van der Waals surface area (Å²) in [7, 11) is 0. The zero-order valence-electron chi connectivity index (χ0n) is 11.6. The first-order valence-electron chi connectivity index (χ1n) is 6.72. The normalized spacial score (nSPS) is 10.9. The van der Waals surface area contributed by atoms with Crippen LogP contribution in [0.25, 0.3) is 0 Å². The van der Waals surface area contributed by atoms with Crippen LogP contribution in [0.4, 0.5) is 0 Å². The third kappa shape index (κ3) is 3.59. The van der Waals surface area contributed by atoms with E-state index in [0.29, 0.717) is 6.54 Å². The van der Waals surface area contributed by atoms with Gasteiger partial charge in [0.1, 0.15) is 5.82 Å². The van der Waals surface area contributed by atoms with Crippen LogP contribution in [0.3, 0.4) is 0 Å². The van der Waals surface area contributed by atoms with E-state index >= 15 is 0 Å². The predicted molar refractivity (Wildman–Crippen MR) is 80.1 cm³/mol. The highest BCUT2D eigenvalue weighted by Gasteiger charge is 2.10. The number of thioether (sulfide) groups is 1. The minimum atomic E-state index is 0.0815. The van der Waals surface area contributed by atoms with Gasteiger partial charge in [0.25, 0.3) is 0 Å². The van der Waals surface area contributed by atoms with Gasteiger partial charge in [0, 0.05) is 12.3 Å². The van der Waals surface area contributed by atoms with E-state index in [1.807, 2.05) is 24.3 Å². The molecule has 2 aromatic rings. The molecule has 0 saturated heterocycles. The van der Waals surface area contributed by atoms with Gasteiger partial charge in [0.2, 0.25) is 0 Å². The highest BCUT2D eigenvalue weighted by atomic mass is 32.2. The standard InChI is InChI=1S/C14H20N4OS/c1-2-7-18-13(8-15)16-17-14(18)20-10-12-5-3-11(9-19)4-6-12/h3-6,19H,2,7-10,15H2,1H3. The van der Waals surface area contributed by atoms with E-state index in [2.05, 4.69) is 21.7 Å². The Hall–Kier alpha value is -1.37. The van der Waals surface area contributed by atoms with Crippen LogP contribution < -0.4 is 5.73 Å². The lowest BCUT2D eigenvalue weighted by molar-refractivity contribution is 0.282. The van der Waals surface area contributed by atoms with Gasteiger partial charge < -0.3 is 15.4 Å². The molecular weight excluding hydrogens is 272 g/mol. The van der Waals surface area contributed by atoms with E-state index in [4.69, 9.17) is 10.8 Å². The summed E-state index contributed by atoms with van der Waals surface area (Å²) in [6, 6.07) is 7.95. The third-order valence-electron chi connectivity index (χ3n) is 3.00. The summed E-state index contributed by atoms with van der Waals surface area (Å²) in [4.78, 5) is 0. The van der Waals surface area contributed by atoms with Crippen molar-refractivity contribution in [2.45, 2.75) is 44.0 Å². The Bertz CT molecular complexity index is 539. The Morgan fingerprint density at radius 3 is 2.50 bits per heavy atom. The van der Waals surface area contributed by atoms with Crippen LogP contribution >= 0.6 is 11.8 Å². The summed E-state index contributed by atoms with van der Waals surface area (Å²) in [6.45, 7) is 3.52. The molecule has 0 bridgehead atoms. The van der Waals surface area contributed by atoms with Gasteiger partial charge in [-0.1, -0.05) is 43.0 Å². The summed E-state index contributed by atoms with van der Waals surface area (Å²) >= 11 is 1.66. The molecule has 0 spiro atoms. The second-order valence-corrected chi connectivity index (χ2v) is 5.46. The first-order valence-corrected chi connectivity index (χ1v) is 7.70. The largest absolute Gasteiger partial charge is 0.392 e. The van der Waals surface area contributed by atoms with Crippen molar-refractivity contribution in [3.8, 4) is 0 Å². The molecule has 0 amide bonds. The maximum atomic E-state index is 9.02. The highest BCUT2D eigenvalue weighted by Crippen LogP contribution is 2.22. The zero-order valence-corrected chi connectivity index (χ0v) is 12.4. The molecule has 108 valence electrons. The quantitative estimate of drug-likeness (QED) is 0.763. The number of aliphatic hydroxyl groups excluding tert-OH is 1. The van der Waals surface area contributed by atoms with E-state index in [0.717, 1.165) is 35.3 Å². The second kappa shape index (κ2) is 7.42. The summed E-state index contributed by atoms with van der Waals surface area (Å²) < 4.78 is 2.09. The second-order valence-electron chi connectivity index (χ2n) is 4.52. The minimum absolute atomic E-state index is 0.0815. The molecule has 0 atom stereocenters. The van der Waals surface area contributed by atoms with E-state index in [1.54, 1.807) is 11.8 Å². The molecule has 0 fully saturated rings. The summed E-state index contributed by atoms with van der Waals surface area (Å²) in [5.74, 6) is 1.67. The molecule has 0 unspecified atom stereocenters. The van der Waals surface area contributed by atoms with Gasteiger partial charge in [0.15, 0.2) is 5.16 Å². The van der Waals surface area contributed by atoms with Crippen molar-refractivity contribution in [3.63, 3.8) is 0 Å².